The first kappa shape index (κ1) is 20.8. The second kappa shape index (κ2) is 7.36. The monoisotopic (exact) mass is 430 g/mol. The molecule has 3 unspecified atom stereocenters. The SMILES string of the molecule is CN1C(=O)C2CC(S(=O)(=O)NC3(C)CC3)CCC2N(Cc2ccccc2C#N)C1=O. The van der Waals surface area contributed by atoms with E-state index in [9.17, 15) is 23.3 Å². The van der Waals surface area contributed by atoms with Crippen molar-refractivity contribution >= 4 is 22.0 Å². The van der Waals surface area contributed by atoms with E-state index in [1.165, 1.54) is 7.05 Å². The van der Waals surface area contributed by atoms with Crippen LogP contribution in [0.3, 0.4) is 0 Å². The average molecular weight is 431 g/mol. The summed E-state index contributed by atoms with van der Waals surface area (Å²) < 4.78 is 28.5. The Balaban J connectivity index is 1.58. The number of carbonyl (C=O) groups excluding carboxylic acids is 2. The number of hydrogen-bond donors (Lipinski definition) is 1. The van der Waals surface area contributed by atoms with Crippen LogP contribution in [0.2, 0.25) is 0 Å². The van der Waals surface area contributed by atoms with Crippen molar-refractivity contribution < 1.29 is 18.0 Å². The van der Waals surface area contributed by atoms with Crippen LogP contribution in [0.5, 0.6) is 0 Å². The van der Waals surface area contributed by atoms with Crippen molar-refractivity contribution in [2.45, 2.75) is 62.4 Å². The zero-order chi connectivity index (χ0) is 21.7. The maximum absolute atomic E-state index is 12.9. The average Bonchev–Trinajstić information content (AvgIpc) is 3.45. The minimum atomic E-state index is -3.54. The highest BCUT2D eigenvalue weighted by Crippen LogP contribution is 2.40. The number of carbonyl (C=O) groups is 2. The normalized spacial score (nSPS) is 28.1. The highest BCUT2D eigenvalue weighted by Gasteiger charge is 2.51. The molecule has 3 atom stereocenters. The van der Waals surface area contributed by atoms with Gasteiger partial charge in [-0.2, -0.15) is 5.26 Å². The number of sulfonamides is 1. The van der Waals surface area contributed by atoms with E-state index >= 15 is 0 Å². The van der Waals surface area contributed by atoms with Crippen LogP contribution in [0, 0.1) is 17.2 Å². The lowest BCUT2D eigenvalue weighted by atomic mass is 9.80. The minimum Gasteiger partial charge on any atom is -0.316 e. The van der Waals surface area contributed by atoms with Crippen molar-refractivity contribution in [2.75, 3.05) is 7.05 Å². The van der Waals surface area contributed by atoms with Gasteiger partial charge >= 0.3 is 6.03 Å². The number of hydrogen-bond acceptors (Lipinski definition) is 5. The number of nitrogens with one attached hydrogen (secondary N) is 1. The van der Waals surface area contributed by atoms with E-state index in [-0.39, 0.29) is 30.5 Å². The Labute approximate surface area is 176 Å². The number of rotatable bonds is 5. The van der Waals surface area contributed by atoms with E-state index in [2.05, 4.69) is 10.8 Å². The Kier molecular flexibility index (Phi) is 5.11. The molecule has 8 nitrogen and oxygen atoms in total. The number of fused-ring (bicyclic) bond motifs is 1. The second-order valence-corrected chi connectivity index (χ2v) is 10.9. The summed E-state index contributed by atoms with van der Waals surface area (Å²) in [5, 5.41) is 8.73. The summed E-state index contributed by atoms with van der Waals surface area (Å²) in [6.07, 6.45) is 2.68. The highest BCUT2D eigenvalue weighted by atomic mass is 32.2. The highest BCUT2D eigenvalue weighted by molar-refractivity contribution is 7.90. The van der Waals surface area contributed by atoms with Crippen molar-refractivity contribution in [3.8, 4) is 6.07 Å². The molecule has 1 heterocycles. The molecule has 30 heavy (non-hydrogen) atoms. The van der Waals surface area contributed by atoms with Crippen molar-refractivity contribution in [3.05, 3.63) is 35.4 Å². The molecule has 3 amide bonds. The van der Waals surface area contributed by atoms with Crippen LogP contribution in [0.25, 0.3) is 0 Å². The standard InChI is InChI=1S/C21H26N4O4S/c1-21(9-10-21)23-30(28,29)16-7-8-18-17(11-16)19(26)24(2)20(27)25(18)13-15-6-4-3-5-14(15)12-22/h3-6,16-18,23H,7-11,13H2,1-2H3. The Bertz CT molecular complexity index is 1030. The molecule has 4 rings (SSSR count). The van der Waals surface area contributed by atoms with Crippen molar-refractivity contribution in [1.82, 2.24) is 14.5 Å². The van der Waals surface area contributed by atoms with Gasteiger partial charge in [0.15, 0.2) is 0 Å². The lowest BCUT2D eigenvalue weighted by Gasteiger charge is -2.47. The maximum atomic E-state index is 12.9. The fourth-order valence-corrected chi connectivity index (χ4v) is 6.53. The van der Waals surface area contributed by atoms with Gasteiger partial charge in [0.2, 0.25) is 15.9 Å². The van der Waals surface area contributed by atoms with Gasteiger partial charge in [-0.25, -0.2) is 17.9 Å². The predicted molar refractivity (Wildman–Crippen MR) is 109 cm³/mol. The Hall–Kier alpha value is -2.44. The van der Waals surface area contributed by atoms with Gasteiger partial charge in [0.25, 0.3) is 0 Å². The van der Waals surface area contributed by atoms with Crippen LogP contribution in [0.15, 0.2) is 24.3 Å². The number of imide groups is 1. The van der Waals surface area contributed by atoms with Crippen molar-refractivity contribution in [1.29, 1.82) is 5.26 Å². The van der Waals surface area contributed by atoms with Gasteiger partial charge in [-0.1, -0.05) is 18.2 Å². The maximum Gasteiger partial charge on any atom is 0.327 e. The molecule has 0 aromatic heterocycles. The first-order chi connectivity index (χ1) is 14.1. The molecular weight excluding hydrogens is 404 g/mol. The Morgan fingerprint density at radius 1 is 1.23 bits per heavy atom. The van der Waals surface area contributed by atoms with Crippen LogP contribution < -0.4 is 4.72 Å². The number of nitrogens with zero attached hydrogens (tertiary/aromatic N) is 3. The van der Waals surface area contributed by atoms with Gasteiger partial charge in [-0.05, 0) is 50.7 Å². The van der Waals surface area contributed by atoms with Gasteiger partial charge in [-0.3, -0.25) is 9.69 Å². The summed E-state index contributed by atoms with van der Waals surface area (Å²) in [5.74, 6) is -0.892. The van der Waals surface area contributed by atoms with Crippen LogP contribution in [0.4, 0.5) is 4.79 Å². The quantitative estimate of drug-likeness (QED) is 0.768. The van der Waals surface area contributed by atoms with Gasteiger partial charge in [0.05, 0.1) is 22.8 Å². The van der Waals surface area contributed by atoms with E-state index < -0.39 is 27.2 Å². The van der Waals surface area contributed by atoms with Gasteiger partial charge in [0, 0.05) is 25.2 Å². The smallest absolute Gasteiger partial charge is 0.316 e. The van der Waals surface area contributed by atoms with E-state index in [1.807, 2.05) is 13.0 Å². The lowest BCUT2D eigenvalue weighted by molar-refractivity contribution is -0.139. The van der Waals surface area contributed by atoms with E-state index in [0.717, 1.165) is 17.7 Å². The third-order valence-corrected chi connectivity index (χ3v) is 8.74. The first-order valence-electron chi connectivity index (χ1n) is 10.2. The van der Waals surface area contributed by atoms with Crippen molar-refractivity contribution in [3.63, 3.8) is 0 Å². The molecule has 1 N–H and O–H groups in total. The lowest BCUT2D eigenvalue weighted by Crippen LogP contribution is -2.62. The third-order valence-electron chi connectivity index (χ3n) is 6.65. The zero-order valence-electron chi connectivity index (χ0n) is 17.2. The summed E-state index contributed by atoms with van der Waals surface area (Å²) >= 11 is 0. The molecule has 1 aromatic rings. The number of benzene rings is 1. The van der Waals surface area contributed by atoms with E-state index in [1.54, 1.807) is 23.1 Å². The number of nitriles is 1. The van der Waals surface area contributed by atoms with E-state index in [0.29, 0.717) is 24.0 Å². The summed E-state index contributed by atoms with van der Waals surface area (Å²) in [6, 6.07) is 8.45. The van der Waals surface area contributed by atoms with Crippen LogP contribution in [-0.4, -0.2) is 54.0 Å². The molecule has 1 saturated heterocycles. The van der Waals surface area contributed by atoms with Crippen LogP contribution in [-0.2, 0) is 21.4 Å². The fraction of sp³-hybridized carbons (Fsp3) is 0.571. The summed E-state index contributed by atoms with van der Waals surface area (Å²) in [4.78, 5) is 28.5. The first-order valence-corrected chi connectivity index (χ1v) is 11.8. The van der Waals surface area contributed by atoms with Crippen LogP contribution >= 0.6 is 0 Å². The fourth-order valence-electron chi connectivity index (χ4n) is 4.57. The summed E-state index contributed by atoms with van der Waals surface area (Å²) in [6.45, 7) is 2.11. The molecule has 2 aliphatic carbocycles. The molecule has 9 heteroatoms. The zero-order valence-corrected chi connectivity index (χ0v) is 18.0. The predicted octanol–water partition coefficient (Wildman–Crippen LogP) is 1.96. The molecule has 160 valence electrons. The second-order valence-electron chi connectivity index (χ2n) is 8.89. The topological polar surface area (TPSA) is 111 Å². The Morgan fingerprint density at radius 2 is 1.93 bits per heavy atom. The molecule has 1 aliphatic heterocycles. The number of amides is 3. The summed E-state index contributed by atoms with van der Waals surface area (Å²) in [5.41, 5.74) is 0.846. The summed E-state index contributed by atoms with van der Waals surface area (Å²) in [7, 11) is -2.10. The minimum absolute atomic E-state index is 0.197. The molecule has 0 bridgehead atoms. The molecule has 2 saturated carbocycles. The van der Waals surface area contributed by atoms with E-state index in [4.69, 9.17) is 0 Å². The number of urea groups is 1. The van der Waals surface area contributed by atoms with Crippen molar-refractivity contribution in [2.24, 2.45) is 5.92 Å². The Morgan fingerprint density at radius 3 is 2.60 bits per heavy atom. The molecule has 0 spiro atoms. The molecular formula is C21H26N4O4S. The molecule has 1 aromatic carbocycles. The van der Waals surface area contributed by atoms with Gasteiger partial charge in [-0.15, -0.1) is 0 Å². The molecule has 3 fully saturated rings. The largest absolute Gasteiger partial charge is 0.327 e. The molecule has 0 radical (unpaired) electrons. The molecule has 3 aliphatic rings. The van der Waals surface area contributed by atoms with Crippen LogP contribution in [0.1, 0.15) is 50.2 Å². The van der Waals surface area contributed by atoms with Gasteiger partial charge < -0.3 is 4.90 Å². The van der Waals surface area contributed by atoms with Gasteiger partial charge in [0.1, 0.15) is 0 Å². The third kappa shape index (κ3) is 3.70.